The topological polar surface area (TPSA) is 109 Å². The summed E-state index contributed by atoms with van der Waals surface area (Å²) in [6, 6.07) is 1.71. The first-order chi connectivity index (χ1) is 11.3. The van der Waals surface area contributed by atoms with Gasteiger partial charge in [0.1, 0.15) is 21.4 Å². The van der Waals surface area contributed by atoms with Gasteiger partial charge in [-0.3, -0.25) is 9.11 Å². The van der Waals surface area contributed by atoms with Crippen LogP contribution in [0.4, 0.5) is 17.6 Å². The summed E-state index contributed by atoms with van der Waals surface area (Å²) in [4.78, 5) is -2.65. The van der Waals surface area contributed by atoms with E-state index in [2.05, 4.69) is 0 Å². The lowest BCUT2D eigenvalue weighted by Crippen LogP contribution is -2.10. The quantitative estimate of drug-likeness (QED) is 0.602. The molecule has 0 amide bonds. The second-order valence-corrected chi connectivity index (χ2v) is 7.58. The van der Waals surface area contributed by atoms with Crippen molar-refractivity contribution >= 4 is 20.2 Å². The van der Waals surface area contributed by atoms with Gasteiger partial charge >= 0.3 is 0 Å². The van der Waals surface area contributed by atoms with E-state index in [1.807, 2.05) is 0 Å². The lowest BCUT2D eigenvalue weighted by molar-refractivity contribution is 0.467. The molecule has 0 aliphatic heterocycles. The van der Waals surface area contributed by atoms with Crippen LogP contribution in [0, 0.1) is 23.3 Å². The minimum absolute atomic E-state index is 0.408. The third-order valence-electron chi connectivity index (χ3n) is 3.21. The molecular weight excluding hydrogens is 392 g/mol. The molecule has 0 saturated heterocycles. The molecule has 12 heteroatoms. The zero-order valence-electron chi connectivity index (χ0n) is 11.9. The van der Waals surface area contributed by atoms with Gasteiger partial charge in [0.05, 0.1) is 0 Å². The molecule has 0 aliphatic rings. The molecule has 0 saturated carbocycles. The molecule has 0 spiro atoms. The van der Waals surface area contributed by atoms with E-state index in [9.17, 15) is 34.4 Å². The molecule has 0 atom stereocenters. The Labute approximate surface area is 139 Å². The van der Waals surface area contributed by atoms with E-state index in [0.717, 1.165) is 0 Å². The van der Waals surface area contributed by atoms with Gasteiger partial charge in [-0.25, -0.2) is 17.6 Å². The highest BCUT2D eigenvalue weighted by molar-refractivity contribution is 7.86. The number of halogens is 4. The van der Waals surface area contributed by atoms with Gasteiger partial charge in [-0.2, -0.15) is 16.8 Å². The lowest BCUT2D eigenvalue weighted by atomic mass is 10.0. The second-order valence-electron chi connectivity index (χ2n) is 4.80. The molecule has 2 N–H and O–H groups in total. The van der Waals surface area contributed by atoms with Crippen LogP contribution in [0.1, 0.15) is 11.1 Å². The van der Waals surface area contributed by atoms with Crippen LogP contribution in [0.25, 0.3) is 0 Å². The fourth-order valence-electron chi connectivity index (χ4n) is 2.05. The van der Waals surface area contributed by atoms with Crippen molar-refractivity contribution in [3.05, 3.63) is 58.7 Å². The number of hydrogen-bond donors (Lipinski definition) is 2. The zero-order valence-corrected chi connectivity index (χ0v) is 13.5. The van der Waals surface area contributed by atoms with Gasteiger partial charge in [0.15, 0.2) is 11.6 Å². The third kappa shape index (κ3) is 3.81. The van der Waals surface area contributed by atoms with E-state index in [1.165, 1.54) is 0 Å². The second kappa shape index (κ2) is 6.37. The van der Waals surface area contributed by atoms with Crippen molar-refractivity contribution in [1.29, 1.82) is 0 Å². The molecule has 0 aromatic heterocycles. The largest absolute Gasteiger partial charge is 0.297 e. The maximum absolute atomic E-state index is 14.1. The number of hydrogen-bond acceptors (Lipinski definition) is 4. The standard InChI is InChI=1S/C13H8F4O6S2/c14-8-1-3-10(24(18,19)20)12(16)6(8)5-7-9(15)2-4-11(13(7)17)25(21,22)23/h1-4H,5H2,(H,18,19,20)(H,21,22,23). The molecule has 136 valence electrons. The van der Waals surface area contributed by atoms with Gasteiger partial charge in [-0.15, -0.1) is 0 Å². The molecule has 2 aromatic carbocycles. The predicted molar refractivity (Wildman–Crippen MR) is 75.2 cm³/mol. The van der Waals surface area contributed by atoms with E-state index >= 15 is 0 Å². The average Bonchev–Trinajstić information content (AvgIpc) is 2.43. The Balaban J connectivity index is 2.70. The molecule has 25 heavy (non-hydrogen) atoms. The lowest BCUT2D eigenvalue weighted by Gasteiger charge is -2.11. The van der Waals surface area contributed by atoms with Crippen molar-refractivity contribution < 1.29 is 43.5 Å². The van der Waals surface area contributed by atoms with Crippen LogP contribution in [-0.4, -0.2) is 25.9 Å². The summed E-state index contributed by atoms with van der Waals surface area (Å²) < 4.78 is 118. The Morgan fingerprint density at radius 2 is 1.00 bits per heavy atom. The van der Waals surface area contributed by atoms with Crippen LogP contribution in [0.3, 0.4) is 0 Å². The van der Waals surface area contributed by atoms with Gasteiger partial charge < -0.3 is 0 Å². The summed E-state index contributed by atoms with van der Waals surface area (Å²) in [7, 11) is -10.2. The van der Waals surface area contributed by atoms with Crippen molar-refractivity contribution in [2.75, 3.05) is 0 Å². The fraction of sp³-hybridized carbons (Fsp3) is 0.0769. The smallest absolute Gasteiger partial charge is 0.282 e. The summed E-state index contributed by atoms with van der Waals surface area (Å²) in [6.07, 6.45) is -1.22. The van der Waals surface area contributed by atoms with E-state index in [1.54, 1.807) is 0 Å². The maximum atomic E-state index is 14.1. The summed E-state index contributed by atoms with van der Waals surface area (Å²) in [6.45, 7) is 0. The normalized spacial score (nSPS) is 12.4. The van der Waals surface area contributed by atoms with Crippen molar-refractivity contribution in [1.82, 2.24) is 0 Å². The maximum Gasteiger partial charge on any atom is 0.297 e. The van der Waals surface area contributed by atoms with Crippen LogP contribution < -0.4 is 0 Å². The van der Waals surface area contributed by atoms with Crippen LogP contribution >= 0.6 is 0 Å². The van der Waals surface area contributed by atoms with Gasteiger partial charge in [0.25, 0.3) is 20.2 Å². The number of rotatable bonds is 4. The molecule has 0 unspecified atom stereocenters. The highest BCUT2D eigenvalue weighted by atomic mass is 32.2. The zero-order chi connectivity index (χ0) is 19.2. The van der Waals surface area contributed by atoms with Crippen LogP contribution in [0.5, 0.6) is 0 Å². The summed E-state index contributed by atoms with van der Waals surface area (Å²) in [5, 5.41) is 0. The fourth-order valence-corrected chi connectivity index (χ4v) is 3.23. The number of benzene rings is 2. The minimum Gasteiger partial charge on any atom is -0.282 e. The summed E-state index contributed by atoms with van der Waals surface area (Å²) >= 11 is 0. The first kappa shape index (κ1) is 19.3. The highest BCUT2D eigenvalue weighted by Gasteiger charge is 2.26. The van der Waals surface area contributed by atoms with Crippen molar-refractivity contribution in [2.24, 2.45) is 0 Å². The Kier molecular flexibility index (Phi) is 4.92. The molecule has 0 aliphatic carbocycles. The van der Waals surface area contributed by atoms with Gasteiger partial charge in [0.2, 0.25) is 0 Å². The third-order valence-corrected chi connectivity index (χ3v) is 4.95. The van der Waals surface area contributed by atoms with E-state index in [-0.39, 0.29) is 0 Å². The molecule has 2 aromatic rings. The molecule has 0 radical (unpaired) electrons. The molecule has 0 fully saturated rings. The van der Waals surface area contributed by atoms with Gasteiger partial charge in [-0.05, 0) is 24.3 Å². The Morgan fingerprint density at radius 1 is 0.680 bits per heavy atom. The SMILES string of the molecule is O=S(=O)(O)c1ccc(F)c(Cc2c(F)ccc(S(=O)(=O)O)c2F)c1F. The minimum atomic E-state index is -5.08. The highest BCUT2D eigenvalue weighted by Crippen LogP contribution is 2.27. The Bertz CT molecular complexity index is 979. The first-order valence-electron chi connectivity index (χ1n) is 6.22. The van der Waals surface area contributed by atoms with E-state index in [4.69, 9.17) is 9.11 Å². The van der Waals surface area contributed by atoms with Crippen LogP contribution in [-0.2, 0) is 26.7 Å². The Morgan fingerprint density at radius 3 is 1.28 bits per heavy atom. The molecule has 2 rings (SSSR count). The summed E-state index contributed by atoms with van der Waals surface area (Å²) in [5.74, 6) is -6.36. The summed E-state index contributed by atoms with van der Waals surface area (Å²) in [5.41, 5.74) is -2.25. The molecule has 0 heterocycles. The monoisotopic (exact) mass is 400 g/mol. The van der Waals surface area contributed by atoms with Crippen LogP contribution in [0.2, 0.25) is 0 Å². The van der Waals surface area contributed by atoms with Crippen molar-refractivity contribution in [3.8, 4) is 0 Å². The molecule has 0 bridgehead atoms. The predicted octanol–water partition coefficient (Wildman–Crippen LogP) is 2.33. The average molecular weight is 400 g/mol. The van der Waals surface area contributed by atoms with Crippen LogP contribution in [0.15, 0.2) is 34.1 Å². The van der Waals surface area contributed by atoms with E-state index < -0.39 is 70.8 Å². The Hall–Kier alpha value is -2.02. The molecular formula is C13H8F4O6S2. The first-order valence-corrected chi connectivity index (χ1v) is 9.10. The molecule has 6 nitrogen and oxygen atoms in total. The van der Waals surface area contributed by atoms with Crippen molar-refractivity contribution in [3.63, 3.8) is 0 Å². The van der Waals surface area contributed by atoms with E-state index in [0.29, 0.717) is 24.3 Å². The van der Waals surface area contributed by atoms with Gasteiger partial charge in [0, 0.05) is 17.5 Å². The van der Waals surface area contributed by atoms with Crippen molar-refractivity contribution in [2.45, 2.75) is 16.2 Å². The van der Waals surface area contributed by atoms with Gasteiger partial charge in [-0.1, -0.05) is 0 Å².